The summed E-state index contributed by atoms with van der Waals surface area (Å²) in [5.41, 5.74) is 0.113. The van der Waals surface area contributed by atoms with Crippen LogP contribution < -0.4 is 0 Å². The highest BCUT2D eigenvalue weighted by atomic mass is 16.8. The van der Waals surface area contributed by atoms with Gasteiger partial charge in [-0.3, -0.25) is 10.1 Å². The molecule has 0 bridgehead atoms. The number of fused-ring (bicyclic) bond motifs is 1. The average Bonchev–Trinajstić information content (AvgIpc) is 3.07. The van der Waals surface area contributed by atoms with E-state index in [1.807, 2.05) is 0 Å². The van der Waals surface area contributed by atoms with E-state index in [9.17, 15) is 14.9 Å². The van der Waals surface area contributed by atoms with Crippen molar-refractivity contribution in [1.29, 1.82) is 0 Å². The van der Waals surface area contributed by atoms with Crippen LogP contribution in [-0.4, -0.2) is 54.5 Å². The Labute approximate surface area is 150 Å². The molecule has 9 heteroatoms. The van der Waals surface area contributed by atoms with Crippen molar-refractivity contribution < 1.29 is 33.4 Å². The molecule has 0 spiro atoms. The van der Waals surface area contributed by atoms with Gasteiger partial charge in [0.2, 0.25) is 0 Å². The van der Waals surface area contributed by atoms with Crippen LogP contribution in [0.5, 0.6) is 0 Å². The highest BCUT2D eigenvalue weighted by molar-refractivity contribution is 5.89. The Balaban J connectivity index is 1.68. The molecule has 1 aromatic carbocycles. The van der Waals surface area contributed by atoms with E-state index in [4.69, 9.17) is 23.7 Å². The fraction of sp³-hybridized carbons (Fsp3) is 0.588. The third-order valence-corrected chi connectivity index (χ3v) is 4.35. The standard InChI is InChI=1S/C17H21NO8/c1-9(23-15(19)10-5-7-11(8-6-10)18(20)21)12-13-14(16(22-4)24-12)26-17(2,3)25-13/h5-9,12-14,16H,1-4H3/t9?,12-,13-,14-,16?/m1/s1. The van der Waals surface area contributed by atoms with Gasteiger partial charge in [-0.2, -0.15) is 0 Å². The first-order valence-corrected chi connectivity index (χ1v) is 8.21. The number of hydrogen-bond acceptors (Lipinski definition) is 8. The Morgan fingerprint density at radius 2 is 1.85 bits per heavy atom. The van der Waals surface area contributed by atoms with Gasteiger partial charge >= 0.3 is 5.97 Å². The third-order valence-electron chi connectivity index (χ3n) is 4.35. The second kappa shape index (κ2) is 6.92. The van der Waals surface area contributed by atoms with Crippen molar-refractivity contribution in [2.24, 2.45) is 0 Å². The van der Waals surface area contributed by atoms with Gasteiger partial charge < -0.3 is 23.7 Å². The molecule has 9 nitrogen and oxygen atoms in total. The van der Waals surface area contributed by atoms with Gasteiger partial charge in [-0.05, 0) is 32.9 Å². The molecule has 2 heterocycles. The van der Waals surface area contributed by atoms with Crippen LogP contribution in [0, 0.1) is 10.1 Å². The number of nitrogens with zero attached hydrogens (tertiary/aromatic N) is 1. The zero-order valence-electron chi connectivity index (χ0n) is 14.9. The lowest BCUT2D eigenvalue weighted by molar-refractivity contribution is -0.384. The fourth-order valence-electron chi connectivity index (χ4n) is 3.18. The highest BCUT2D eigenvalue weighted by Gasteiger charge is 2.57. The molecule has 2 saturated heterocycles. The van der Waals surface area contributed by atoms with Crippen LogP contribution in [0.25, 0.3) is 0 Å². The summed E-state index contributed by atoms with van der Waals surface area (Å²) in [4.78, 5) is 22.5. The van der Waals surface area contributed by atoms with E-state index in [1.54, 1.807) is 20.8 Å². The van der Waals surface area contributed by atoms with E-state index >= 15 is 0 Å². The topological polar surface area (TPSA) is 106 Å². The maximum Gasteiger partial charge on any atom is 0.338 e. The van der Waals surface area contributed by atoms with E-state index < -0.39 is 47.4 Å². The number of carbonyl (C=O) groups is 1. The molecule has 0 radical (unpaired) electrons. The van der Waals surface area contributed by atoms with Crippen LogP contribution in [0.4, 0.5) is 5.69 Å². The number of rotatable bonds is 5. The van der Waals surface area contributed by atoms with Gasteiger partial charge in [0.05, 0.1) is 10.5 Å². The molecule has 26 heavy (non-hydrogen) atoms. The van der Waals surface area contributed by atoms with Gasteiger partial charge in [0.15, 0.2) is 12.1 Å². The molecule has 2 aliphatic heterocycles. The molecule has 0 aromatic heterocycles. The number of methoxy groups -OCH3 is 1. The van der Waals surface area contributed by atoms with Crippen molar-refractivity contribution in [2.75, 3.05) is 7.11 Å². The Bertz CT molecular complexity index is 689. The highest BCUT2D eigenvalue weighted by Crippen LogP contribution is 2.40. The summed E-state index contributed by atoms with van der Waals surface area (Å²) in [6, 6.07) is 5.20. The average molecular weight is 367 g/mol. The van der Waals surface area contributed by atoms with E-state index in [2.05, 4.69) is 0 Å². The first-order chi connectivity index (χ1) is 12.2. The summed E-state index contributed by atoms with van der Waals surface area (Å²) < 4.78 is 28.2. The number of nitro benzene ring substituents is 1. The van der Waals surface area contributed by atoms with Gasteiger partial charge in [0.25, 0.3) is 5.69 Å². The smallest absolute Gasteiger partial charge is 0.338 e. The van der Waals surface area contributed by atoms with Gasteiger partial charge in [-0.1, -0.05) is 0 Å². The Morgan fingerprint density at radius 1 is 1.23 bits per heavy atom. The lowest BCUT2D eigenvalue weighted by atomic mass is 10.1. The summed E-state index contributed by atoms with van der Waals surface area (Å²) in [6.45, 7) is 5.28. The van der Waals surface area contributed by atoms with Gasteiger partial charge in [-0.25, -0.2) is 4.79 Å². The number of nitro groups is 1. The van der Waals surface area contributed by atoms with Crippen molar-refractivity contribution >= 4 is 11.7 Å². The normalized spacial score (nSPS) is 30.6. The van der Waals surface area contributed by atoms with E-state index in [0.717, 1.165) is 0 Å². The SMILES string of the molecule is COC1O[C@H](C(C)OC(=O)c2ccc([N+](=O)[O-])cc2)[C@H]2OC(C)(C)O[C@@H]12. The van der Waals surface area contributed by atoms with Crippen LogP contribution >= 0.6 is 0 Å². The van der Waals surface area contributed by atoms with E-state index in [-0.39, 0.29) is 11.3 Å². The van der Waals surface area contributed by atoms with Crippen LogP contribution in [-0.2, 0) is 23.7 Å². The predicted octanol–water partition coefficient (Wildman–Crippen LogP) is 2.03. The van der Waals surface area contributed by atoms with Crippen molar-refractivity contribution in [3.05, 3.63) is 39.9 Å². The van der Waals surface area contributed by atoms with Crippen molar-refractivity contribution in [3.8, 4) is 0 Å². The van der Waals surface area contributed by atoms with Crippen LogP contribution in [0.1, 0.15) is 31.1 Å². The van der Waals surface area contributed by atoms with Gasteiger partial charge in [0.1, 0.15) is 24.4 Å². The number of carbonyl (C=O) groups excluding carboxylic acids is 1. The second-order valence-corrected chi connectivity index (χ2v) is 6.68. The number of hydrogen-bond donors (Lipinski definition) is 0. The Morgan fingerprint density at radius 3 is 2.42 bits per heavy atom. The molecule has 142 valence electrons. The van der Waals surface area contributed by atoms with Gasteiger partial charge in [-0.15, -0.1) is 0 Å². The first-order valence-electron chi connectivity index (χ1n) is 8.21. The molecule has 1 aromatic rings. The minimum Gasteiger partial charge on any atom is -0.456 e. The lowest BCUT2D eigenvalue weighted by Gasteiger charge is -2.26. The minimum absolute atomic E-state index is 0.0989. The number of ether oxygens (including phenoxy) is 5. The van der Waals surface area contributed by atoms with Crippen LogP contribution in [0.15, 0.2) is 24.3 Å². The molecule has 0 amide bonds. The minimum atomic E-state index is -0.782. The Kier molecular flexibility index (Phi) is 4.98. The molecule has 2 aliphatic rings. The maximum atomic E-state index is 12.3. The number of benzene rings is 1. The van der Waals surface area contributed by atoms with E-state index in [0.29, 0.717) is 0 Å². The molecule has 0 aliphatic carbocycles. The van der Waals surface area contributed by atoms with Crippen LogP contribution in [0.2, 0.25) is 0 Å². The Hall–Kier alpha value is -2.07. The first kappa shape index (κ1) is 18.7. The van der Waals surface area contributed by atoms with Crippen molar-refractivity contribution in [3.63, 3.8) is 0 Å². The molecular formula is C17H21NO8. The molecular weight excluding hydrogens is 346 g/mol. The maximum absolute atomic E-state index is 12.3. The van der Waals surface area contributed by atoms with Crippen molar-refractivity contribution in [2.45, 2.75) is 57.3 Å². The van der Waals surface area contributed by atoms with Crippen LogP contribution in [0.3, 0.4) is 0 Å². The zero-order chi connectivity index (χ0) is 19.1. The summed E-state index contributed by atoms with van der Waals surface area (Å²) >= 11 is 0. The summed E-state index contributed by atoms with van der Waals surface area (Å²) in [6.07, 6.45) is -2.67. The fourth-order valence-corrected chi connectivity index (χ4v) is 3.18. The monoisotopic (exact) mass is 367 g/mol. The quantitative estimate of drug-likeness (QED) is 0.442. The molecule has 3 rings (SSSR count). The summed E-state index contributed by atoms with van der Waals surface area (Å²) in [7, 11) is 1.51. The van der Waals surface area contributed by atoms with Gasteiger partial charge in [0, 0.05) is 19.2 Å². The zero-order valence-corrected chi connectivity index (χ0v) is 14.9. The largest absolute Gasteiger partial charge is 0.456 e. The number of non-ortho nitro benzene ring substituents is 1. The molecule has 2 fully saturated rings. The summed E-state index contributed by atoms with van der Waals surface area (Å²) in [5.74, 6) is -1.39. The molecule has 5 atom stereocenters. The summed E-state index contributed by atoms with van der Waals surface area (Å²) in [5, 5.41) is 10.7. The predicted molar refractivity (Wildman–Crippen MR) is 87.5 cm³/mol. The number of esters is 1. The molecule has 0 saturated carbocycles. The third kappa shape index (κ3) is 3.56. The molecule has 2 unspecified atom stereocenters. The van der Waals surface area contributed by atoms with E-state index in [1.165, 1.54) is 31.4 Å². The lowest BCUT2D eigenvalue weighted by Crippen LogP contribution is -2.39. The second-order valence-electron chi connectivity index (χ2n) is 6.68. The van der Waals surface area contributed by atoms with Crippen molar-refractivity contribution in [1.82, 2.24) is 0 Å². The molecule has 0 N–H and O–H groups in total.